The molecule has 142 valence electrons. The van der Waals surface area contributed by atoms with E-state index in [2.05, 4.69) is 41.7 Å². The van der Waals surface area contributed by atoms with E-state index in [1.165, 1.54) is 19.2 Å². The number of nitrogens with two attached hydrogens (primary N) is 1. The smallest absolute Gasteiger partial charge is 0.260 e. The summed E-state index contributed by atoms with van der Waals surface area (Å²) in [5.41, 5.74) is 8.64. The maximum Gasteiger partial charge on any atom is 0.260 e. The van der Waals surface area contributed by atoms with Crippen LogP contribution in [0.25, 0.3) is 0 Å². The lowest BCUT2D eigenvalue weighted by atomic mass is 9.94. The second-order valence-electron chi connectivity index (χ2n) is 5.94. The second kappa shape index (κ2) is 7.87. The van der Waals surface area contributed by atoms with Crippen molar-refractivity contribution in [1.82, 2.24) is 20.6 Å². The van der Waals surface area contributed by atoms with E-state index in [1.807, 2.05) is 0 Å². The van der Waals surface area contributed by atoms with Crippen LogP contribution < -0.4 is 16.4 Å². The summed E-state index contributed by atoms with van der Waals surface area (Å²) in [4.78, 5) is 25.0. The van der Waals surface area contributed by atoms with Crippen molar-refractivity contribution < 1.29 is 14.0 Å². The number of nitrogens with one attached hydrogen (secondary N) is 2. The minimum Gasteiger partial charge on any atom is -0.384 e. The van der Waals surface area contributed by atoms with Crippen molar-refractivity contribution in [2.24, 2.45) is 5.16 Å². The number of aromatic nitrogens is 2. The largest absolute Gasteiger partial charge is 0.384 e. The van der Waals surface area contributed by atoms with Crippen LogP contribution in [-0.2, 0) is 16.1 Å². The molecule has 1 atom stereocenters. The number of hydrogen-bond donors (Lipinski definition) is 3. The standard InChI is InChI=1S/C17H18BrFN6O2/c1-8-15-13(24-17(20)22-8)6-12(10-4-3-9(19)5-11(10)18)23-16(15)25-27-7-14(26)21-2/h3-5,12H,6-7H2,1-2H3,(H,21,26)(H,23,25)(H2,20,22,24). The van der Waals surface area contributed by atoms with Gasteiger partial charge in [-0.25, -0.2) is 14.4 Å². The molecular formula is C17H18BrFN6O2. The van der Waals surface area contributed by atoms with Gasteiger partial charge in [0.2, 0.25) is 5.95 Å². The average molecular weight is 437 g/mol. The van der Waals surface area contributed by atoms with E-state index < -0.39 is 0 Å². The maximum atomic E-state index is 13.4. The number of halogens is 2. The van der Waals surface area contributed by atoms with Crippen LogP contribution in [0.1, 0.15) is 28.6 Å². The first-order valence-corrected chi connectivity index (χ1v) is 8.93. The van der Waals surface area contributed by atoms with Crippen molar-refractivity contribution in [2.45, 2.75) is 19.4 Å². The zero-order valence-corrected chi connectivity index (χ0v) is 16.3. The molecule has 0 bridgehead atoms. The molecule has 0 aliphatic carbocycles. The number of nitrogen functional groups attached to an aromatic ring is 1. The highest BCUT2D eigenvalue weighted by molar-refractivity contribution is 9.10. The number of carbonyl (C=O) groups is 1. The molecule has 3 rings (SSSR count). The summed E-state index contributed by atoms with van der Waals surface area (Å²) in [7, 11) is 1.51. The lowest BCUT2D eigenvalue weighted by molar-refractivity contribution is -0.125. The van der Waals surface area contributed by atoms with E-state index >= 15 is 0 Å². The molecule has 0 radical (unpaired) electrons. The zero-order chi connectivity index (χ0) is 19.6. The Kier molecular flexibility index (Phi) is 5.54. The SMILES string of the molecule is CNC(=O)CO/N=C1\NC(c2ccc(F)cc2Br)Cc2nc(N)nc(C)c21. The van der Waals surface area contributed by atoms with Crippen LogP contribution in [0.4, 0.5) is 10.3 Å². The van der Waals surface area contributed by atoms with Gasteiger partial charge in [0, 0.05) is 17.9 Å². The number of rotatable bonds is 4. The Balaban J connectivity index is 1.99. The van der Waals surface area contributed by atoms with Gasteiger partial charge in [-0.3, -0.25) is 4.79 Å². The molecule has 4 N–H and O–H groups in total. The maximum absolute atomic E-state index is 13.4. The first-order valence-electron chi connectivity index (χ1n) is 8.14. The van der Waals surface area contributed by atoms with Crippen molar-refractivity contribution >= 4 is 33.6 Å². The molecule has 0 saturated heterocycles. The molecule has 1 aromatic carbocycles. The van der Waals surface area contributed by atoms with Gasteiger partial charge < -0.3 is 21.2 Å². The number of amides is 1. The van der Waals surface area contributed by atoms with Gasteiger partial charge in [0.15, 0.2) is 12.4 Å². The summed E-state index contributed by atoms with van der Waals surface area (Å²) in [6.07, 6.45) is 0.502. The number of nitrogens with zero attached hydrogens (tertiary/aromatic N) is 3. The van der Waals surface area contributed by atoms with Gasteiger partial charge in [0.25, 0.3) is 5.91 Å². The predicted molar refractivity (Wildman–Crippen MR) is 101 cm³/mol. The van der Waals surface area contributed by atoms with E-state index in [4.69, 9.17) is 10.6 Å². The van der Waals surface area contributed by atoms with Crippen molar-refractivity contribution in [3.8, 4) is 0 Å². The lowest BCUT2D eigenvalue weighted by Gasteiger charge is -2.29. The Morgan fingerprint density at radius 2 is 2.30 bits per heavy atom. The van der Waals surface area contributed by atoms with Crippen molar-refractivity contribution in [3.05, 3.63) is 51.0 Å². The van der Waals surface area contributed by atoms with Gasteiger partial charge in [0.05, 0.1) is 23.0 Å². The Hall–Kier alpha value is -2.75. The first kappa shape index (κ1) is 19.0. The van der Waals surface area contributed by atoms with Crippen LogP contribution in [-0.4, -0.2) is 35.4 Å². The number of fused-ring (bicyclic) bond motifs is 1. The number of anilines is 1. The second-order valence-corrected chi connectivity index (χ2v) is 6.80. The predicted octanol–water partition coefficient (Wildman–Crippen LogP) is 1.58. The molecule has 10 heteroatoms. The quantitative estimate of drug-likeness (QED) is 0.626. The van der Waals surface area contributed by atoms with Gasteiger partial charge in [-0.15, -0.1) is 0 Å². The summed E-state index contributed by atoms with van der Waals surface area (Å²) >= 11 is 3.39. The van der Waals surface area contributed by atoms with E-state index in [9.17, 15) is 9.18 Å². The van der Waals surface area contributed by atoms with Gasteiger partial charge in [-0.1, -0.05) is 27.2 Å². The average Bonchev–Trinajstić information content (AvgIpc) is 2.60. The van der Waals surface area contributed by atoms with Crippen molar-refractivity contribution in [1.29, 1.82) is 0 Å². The molecule has 1 aromatic heterocycles. The van der Waals surface area contributed by atoms with Crippen LogP contribution in [0.5, 0.6) is 0 Å². The fourth-order valence-electron chi connectivity index (χ4n) is 2.86. The van der Waals surface area contributed by atoms with Gasteiger partial charge in [0.1, 0.15) is 5.82 Å². The highest BCUT2D eigenvalue weighted by Crippen LogP contribution is 2.31. The molecule has 0 saturated carbocycles. The van der Waals surface area contributed by atoms with Crippen LogP contribution in [0, 0.1) is 12.7 Å². The first-order chi connectivity index (χ1) is 12.9. The van der Waals surface area contributed by atoms with Crippen molar-refractivity contribution in [2.75, 3.05) is 19.4 Å². The minimum atomic E-state index is -0.341. The Morgan fingerprint density at radius 3 is 3.00 bits per heavy atom. The van der Waals surface area contributed by atoms with E-state index in [0.717, 1.165) is 5.56 Å². The van der Waals surface area contributed by atoms with E-state index in [-0.39, 0.29) is 30.3 Å². The molecule has 1 amide bonds. The summed E-state index contributed by atoms with van der Waals surface area (Å²) in [6, 6.07) is 4.21. The topological polar surface area (TPSA) is 115 Å². The molecule has 2 aromatic rings. The third kappa shape index (κ3) is 4.16. The minimum absolute atomic E-state index is 0.163. The van der Waals surface area contributed by atoms with Crippen LogP contribution in [0.2, 0.25) is 0 Å². The number of aryl methyl sites for hydroxylation is 1. The fraction of sp³-hybridized carbons (Fsp3) is 0.294. The van der Waals surface area contributed by atoms with Gasteiger partial charge >= 0.3 is 0 Å². The van der Waals surface area contributed by atoms with Gasteiger partial charge in [-0.05, 0) is 24.6 Å². The number of carbonyl (C=O) groups excluding carboxylic acids is 1. The van der Waals surface area contributed by atoms with Crippen molar-refractivity contribution in [3.63, 3.8) is 0 Å². The van der Waals surface area contributed by atoms with E-state index in [0.29, 0.717) is 33.7 Å². The molecule has 0 spiro atoms. The monoisotopic (exact) mass is 436 g/mol. The highest BCUT2D eigenvalue weighted by Gasteiger charge is 2.29. The molecule has 27 heavy (non-hydrogen) atoms. The molecule has 1 unspecified atom stereocenters. The molecule has 8 nitrogen and oxygen atoms in total. The number of amidine groups is 1. The molecule has 2 heterocycles. The molecule has 1 aliphatic rings. The Bertz CT molecular complexity index is 921. The van der Waals surface area contributed by atoms with Crippen LogP contribution in [0.3, 0.4) is 0 Å². The number of oxime groups is 1. The molecule has 1 aliphatic heterocycles. The van der Waals surface area contributed by atoms with Crippen LogP contribution >= 0.6 is 15.9 Å². The normalized spacial score (nSPS) is 17.2. The molecule has 0 fully saturated rings. The highest BCUT2D eigenvalue weighted by atomic mass is 79.9. The lowest BCUT2D eigenvalue weighted by Crippen LogP contribution is -2.38. The van der Waals surface area contributed by atoms with Gasteiger partial charge in [-0.2, -0.15) is 0 Å². The number of benzene rings is 1. The summed E-state index contributed by atoms with van der Waals surface area (Å²) in [5.74, 6) is -0.0971. The fourth-order valence-corrected chi connectivity index (χ4v) is 3.49. The summed E-state index contributed by atoms with van der Waals surface area (Å²) in [6.45, 7) is 1.57. The van der Waals surface area contributed by atoms with E-state index in [1.54, 1.807) is 13.0 Å². The van der Waals surface area contributed by atoms with Crippen LogP contribution in [0.15, 0.2) is 27.8 Å². The number of hydrogen-bond acceptors (Lipinski definition) is 6. The zero-order valence-electron chi connectivity index (χ0n) is 14.7. The number of likely N-dealkylation sites (N-methyl/N-ethyl adjacent to an activating group) is 1. The summed E-state index contributed by atoms with van der Waals surface area (Å²) < 4.78 is 14.1. The Labute approximate surface area is 163 Å². The Morgan fingerprint density at radius 1 is 1.52 bits per heavy atom. The molecular weight excluding hydrogens is 419 g/mol. The summed E-state index contributed by atoms with van der Waals surface area (Å²) in [5, 5.41) is 9.77. The third-order valence-electron chi connectivity index (χ3n) is 4.10. The third-order valence-corrected chi connectivity index (χ3v) is 4.78.